The van der Waals surface area contributed by atoms with Crippen molar-refractivity contribution in [2.24, 2.45) is 5.73 Å². The molecule has 0 atom stereocenters. The molecule has 1 saturated carbocycles. The molecule has 1 aliphatic carbocycles. The van der Waals surface area contributed by atoms with Gasteiger partial charge < -0.3 is 10.6 Å². The zero-order chi connectivity index (χ0) is 11.4. The first-order chi connectivity index (χ1) is 7.81. The van der Waals surface area contributed by atoms with E-state index in [9.17, 15) is 0 Å². The molecule has 2 rings (SSSR count). The molecule has 5 heteroatoms. The average molecular weight is 332 g/mol. The van der Waals surface area contributed by atoms with Crippen LogP contribution in [0.5, 0.6) is 0 Å². The van der Waals surface area contributed by atoms with Gasteiger partial charge >= 0.3 is 0 Å². The van der Waals surface area contributed by atoms with Crippen molar-refractivity contribution in [3.8, 4) is 0 Å². The van der Waals surface area contributed by atoms with E-state index in [1.807, 2.05) is 12.4 Å². The largest absolute Gasteiger partial charge is 0.338 e. The Kier molecular flexibility index (Phi) is 4.34. The van der Waals surface area contributed by atoms with Crippen molar-refractivity contribution in [3.05, 3.63) is 16.0 Å². The third kappa shape index (κ3) is 2.82. The summed E-state index contributed by atoms with van der Waals surface area (Å²) in [5.41, 5.74) is 5.57. The minimum absolute atomic E-state index is 0.631. The van der Waals surface area contributed by atoms with Crippen LogP contribution in [0.25, 0.3) is 0 Å². The van der Waals surface area contributed by atoms with Crippen molar-refractivity contribution in [3.63, 3.8) is 0 Å². The van der Waals surface area contributed by atoms with Gasteiger partial charge in [-0.3, -0.25) is 0 Å². The van der Waals surface area contributed by atoms with Crippen LogP contribution in [-0.4, -0.2) is 29.1 Å². The number of aromatic nitrogens is 2. The van der Waals surface area contributed by atoms with Crippen LogP contribution in [0.1, 0.15) is 25.7 Å². The van der Waals surface area contributed by atoms with E-state index in [0.29, 0.717) is 6.04 Å². The number of hydrogen-bond acceptors (Lipinski definition) is 4. The summed E-state index contributed by atoms with van der Waals surface area (Å²) in [6, 6.07) is 0.631. The minimum atomic E-state index is 0.631. The van der Waals surface area contributed by atoms with Crippen LogP contribution >= 0.6 is 22.6 Å². The molecule has 0 aliphatic heterocycles. The van der Waals surface area contributed by atoms with E-state index < -0.39 is 0 Å². The summed E-state index contributed by atoms with van der Waals surface area (Å²) in [6.07, 6.45) is 8.61. The Morgan fingerprint density at radius 1 is 1.38 bits per heavy atom. The van der Waals surface area contributed by atoms with Gasteiger partial charge in [-0.2, -0.15) is 0 Å². The molecule has 1 aromatic rings. The topological polar surface area (TPSA) is 55.0 Å². The van der Waals surface area contributed by atoms with E-state index in [0.717, 1.165) is 29.0 Å². The molecule has 2 N–H and O–H groups in total. The maximum absolute atomic E-state index is 5.57. The second-order valence-electron chi connectivity index (χ2n) is 4.12. The molecule has 1 fully saturated rings. The second kappa shape index (κ2) is 5.77. The highest BCUT2D eigenvalue weighted by Crippen LogP contribution is 2.27. The average Bonchev–Trinajstić information content (AvgIpc) is 2.23. The monoisotopic (exact) mass is 332 g/mol. The van der Waals surface area contributed by atoms with Crippen LogP contribution in [0.2, 0.25) is 0 Å². The highest BCUT2D eigenvalue weighted by atomic mass is 127. The third-order valence-corrected chi connectivity index (χ3v) is 3.54. The standard InChI is InChI=1S/C11H17IN4/c12-9-7-14-11(15-8-9)16(6-2-5-13)10-3-1-4-10/h7-8,10H,1-6,13H2. The lowest BCUT2D eigenvalue weighted by atomic mass is 9.91. The first-order valence-corrected chi connectivity index (χ1v) is 6.83. The number of rotatable bonds is 5. The molecular weight excluding hydrogens is 315 g/mol. The smallest absolute Gasteiger partial charge is 0.225 e. The quantitative estimate of drug-likeness (QED) is 0.836. The van der Waals surface area contributed by atoms with E-state index in [4.69, 9.17) is 5.73 Å². The summed E-state index contributed by atoms with van der Waals surface area (Å²) in [4.78, 5) is 11.1. The van der Waals surface area contributed by atoms with Gasteiger partial charge in [-0.05, 0) is 54.8 Å². The SMILES string of the molecule is NCCCN(c1ncc(I)cn1)C1CCC1. The number of nitrogens with zero attached hydrogens (tertiary/aromatic N) is 3. The molecule has 1 aliphatic rings. The van der Waals surface area contributed by atoms with Crippen LogP contribution in [-0.2, 0) is 0 Å². The molecule has 0 saturated heterocycles. The first kappa shape index (κ1) is 12.0. The Labute approximate surface area is 110 Å². The minimum Gasteiger partial charge on any atom is -0.338 e. The maximum Gasteiger partial charge on any atom is 0.225 e. The molecule has 88 valence electrons. The third-order valence-electron chi connectivity index (χ3n) is 2.98. The Balaban J connectivity index is 2.07. The lowest BCUT2D eigenvalue weighted by Crippen LogP contribution is -2.42. The molecule has 0 unspecified atom stereocenters. The van der Waals surface area contributed by atoms with Crippen molar-refractivity contribution in [1.29, 1.82) is 0 Å². The van der Waals surface area contributed by atoms with Gasteiger partial charge in [0.2, 0.25) is 5.95 Å². The summed E-state index contributed by atoms with van der Waals surface area (Å²) in [5.74, 6) is 0.860. The zero-order valence-corrected chi connectivity index (χ0v) is 11.4. The van der Waals surface area contributed by atoms with Crippen LogP contribution in [0.4, 0.5) is 5.95 Å². The summed E-state index contributed by atoms with van der Waals surface area (Å²) in [5, 5.41) is 0. The molecule has 1 aromatic heterocycles. The Morgan fingerprint density at radius 2 is 2.06 bits per heavy atom. The van der Waals surface area contributed by atoms with E-state index in [-0.39, 0.29) is 0 Å². The van der Waals surface area contributed by atoms with Gasteiger partial charge in [-0.15, -0.1) is 0 Å². The second-order valence-corrected chi connectivity index (χ2v) is 5.37. The molecule has 0 spiro atoms. The summed E-state index contributed by atoms with van der Waals surface area (Å²) in [7, 11) is 0. The van der Waals surface area contributed by atoms with Gasteiger partial charge in [0.15, 0.2) is 0 Å². The predicted octanol–water partition coefficient (Wildman–Crippen LogP) is 1.79. The zero-order valence-electron chi connectivity index (χ0n) is 9.27. The van der Waals surface area contributed by atoms with E-state index in [1.54, 1.807) is 0 Å². The molecule has 4 nitrogen and oxygen atoms in total. The molecule has 0 aromatic carbocycles. The predicted molar refractivity (Wildman–Crippen MR) is 73.4 cm³/mol. The van der Waals surface area contributed by atoms with E-state index >= 15 is 0 Å². The van der Waals surface area contributed by atoms with E-state index in [2.05, 4.69) is 37.5 Å². The van der Waals surface area contributed by atoms with Gasteiger partial charge in [0.25, 0.3) is 0 Å². The highest BCUT2D eigenvalue weighted by Gasteiger charge is 2.26. The van der Waals surface area contributed by atoms with Gasteiger partial charge in [-0.25, -0.2) is 9.97 Å². The molecule has 1 heterocycles. The van der Waals surface area contributed by atoms with Crippen molar-refractivity contribution < 1.29 is 0 Å². The lowest BCUT2D eigenvalue weighted by molar-refractivity contribution is 0.380. The summed E-state index contributed by atoms with van der Waals surface area (Å²) >= 11 is 2.23. The Bertz CT molecular complexity index is 323. The molecule has 0 radical (unpaired) electrons. The van der Waals surface area contributed by atoms with Crippen LogP contribution in [0.3, 0.4) is 0 Å². The fourth-order valence-electron chi connectivity index (χ4n) is 1.86. The van der Waals surface area contributed by atoms with Crippen LogP contribution in [0.15, 0.2) is 12.4 Å². The summed E-state index contributed by atoms with van der Waals surface area (Å²) < 4.78 is 1.08. The Morgan fingerprint density at radius 3 is 2.56 bits per heavy atom. The van der Waals surface area contributed by atoms with Gasteiger partial charge in [0.1, 0.15) is 0 Å². The fraction of sp³-hybridized carbons (Fsp3) is 0.636. The van der Waals surface area contributed by atoms with Gasteiger partial charge in [0, 0.05) is 28.6 Å². The molecule has 16 heavy (non-hydrogen) atoms. The van der Waals surface area contributed by atoms with Crippen molar-refractivity contribution >= 4 is 28.5 Å². The highest BCUT2D eigenvalue weighted by molar-refractivity contribution is 14.1. The maximum atomic E-state index is 5.57. The number of hydrogen-bond donors (Lipinski definition) is 1. The number of halogens is 1. The molecular formula is C11H17IN4. The number of nitrogens with two attached hydrogens (primary N) is 1. The first-order valence-electron chi connectivity index (χ1n) is 5.75. The number of anilines is 1. The summed E-state index contributed by atoms with van der Waals surface area (Å²) in [6.45, 7) is 1.70. The lowest BCUT2D eigenvalue weighted by Gasteiger charge is -2.37. The molecule has 0 bridgehead atoms. The van der Waals surface area contributed by atoms with Crippen molar-refractivity contribution in [1.82, 2.24) is 9.97 Å². The fourth-order valence-corrected chi connectivity index (χ4v) is 2.14. The van der Waals surface area contributed by atoms with Crippen LogP contribution in [0, 0.1) is 3.57 Å². The van der Waals surface area contributed by atoms with Gasteiger partial charge in [-0.1, -0.05) is 0 Å². The van der Waals surface area contributed by atoms with Gasteiger partial charge in [0.05, 0.1) is 0 Å². The van der Waals surface area contributed by atoms with Crippen LogP contribution < -0.4 is 10.6 Å². The normalized spacial score (nSPS) is 15.9. The molecule has 0 amide bonds. The van der Waals surface area contributed by atoms with Crippen molar-refractivity contribution in [2.75, 3.05) is 18.0 Å². The van der Waals surface area contributed by atoms with Crippen molar-refractivity contribution in [2.45, 2.75) is 31.7 Å². The van der Waals surface area contributed by atoms with E-state index in [1.165, 1.54) is 19.3 Å². The Hall–Kier alpha value is -0.430.